The second-order valence-corrected chi connectivity index (χ2v) is 7.39. The van der Waals surface area contributed by atoms with Crippen molar-refractivity contribution in [2.24, 2.45) is 0 Å². The topological polar surface area (TPSA) is 86.1 Å². The van der Waals surface area contributed by atoms with Gasteiger partial charge in [-0.1, -0.05) is 24.3 Å². The number of ether oxygens (including phenoxy) is 1. The molecule has 0 atom stereocenters. The van der Waals surface area contributed by atoms with Crippen LogP contribution in [0.2, 0.25) is 0 Å². The van der Waals surface area contributed by atoms with Crippen molar-refractivity contribution < 1.29 is 18.3 Å². The molecule has 0 spiro atoms. The van der Waals surface area contributed by atoms with Crippen molar-refractivity contribution in [3.8, 4) is 17.0 Å². The average Bonchev–Trinajstić information content (AvgIpc) is 3.19. The Hall–Kier alpha value is -3.66. The molecule has 0 bridgehead atoms. The van der Waals surface area contributed by atoms with Crippen molar-refractivity contribution in [1.29, 1.82) is 0 Å². The number of para-hydroxylation sites is 2. The summed E-state index contributed by atoms with van der Waals surface area (Å²) in [6, 6.07) is 13.2. The van der Waals surface area contributed by atoms with Crippen LogP contribution in [0, 0.1) is 6.92 Å². The smallest absolute Gasteiger partial charge is 0.387 e. The van der Waals surface area contributed by atoms with Crippen LogP contribution in [-0.2, 0) is 11.3 Å². The lowest BCUT2D eigenvalue weighted by atomic mass is 10.1. The molecule has 0 aliphatic rings. The number of amides is 1. The van der Waals surface area contributed by atoms with Crippen LogP contribution in [0.3, 0.4) is 0 Å². The number of halogens is 2. The van der Waals surface area contributed by atoms with Gasteiger partial charge in [-0.3, -0.25) is 14.2 Å². The van der Waals surface area contributed by atoms with Crippen LogP contribution in [0.25, 0.3) is 22.2 Å². The summed E-state index contributed by atoms with van der Waals surface area (Å²) in [6.07, 6.45) is 0. The van der Waals surface area contributed by atoms with Gasteiger partial charge in [0, 0.05) is 10.9 Å². The molecule has 2 aromatic heterocycles. The maximum absolute atomic E-state index is 12.7. The highest BCUT2D eigenvalue weighted by Gasteiger charge is 2.16. The molecular formula is C21H16F2N4O3S. The second kappa shape index (κ2) is 8.60. The zero-order chi connectivity index (χ0) is 22.0. The van der Waals surface area contributed by atoms with Gasteiger partial charge in [0.25, 0.3) is 5.56 Å². The van der Waals surface area contributed by atoms with Crippen molar-refractivity contribution in [1.82, 2.24) is 14.5 Å². The molecule has 2 heterocycles. The number of rotatable bonds is 6. The number of hydrogen-bond acceptors (Lipinski definition) is 6. The lowest BCUT2D eigenvalue weighted by Gasteiger charge is -2.10. The third-order valence-electron chi connectivity index (χ3n) is 4.48. The quantitative estimate of drug-likeness (QED) is 0.487. The first kappa shape index (κ1) is 20.6. The van der Waals surface area contributed by atoms with Crippen molar-refractivity contribution >= 4 is 33.3 Å². The van der Waals surface area contributed by atoms with E-state index in [9.17, 15) is 18.4 Å². The molecule has 158 valence electrons. The monoisotopic (exact) mass is 442 g/mol. The minimum Gasteiger partial charge on any atom is -0.434 e. The number of nitrogens with zero attached hydrogens (tertiary/aromatic N) is 3. The van der Waals surface area contributed by atoms with E-state index in [-0.39, 0.29) is 23.0 Å². The fraction of sp³-hybridized carbons (Fsp3) is 0.143. The van der Waals surface area contributed by atoms with Gasteiger partial charge in [-0.05, 0) is 31.2 Å². The Morgan fingerprint density at radius 3 is 2.71 bits per heavy atom. The molecule has 31 heavy (non-hydrogen) atoms. The van der Waals surface area contributed by atoms with Crippen LogP contribution in [0.5, 0.6) is 5.75 Å². The zero-order valence-electron chi connectivity index (χ0n) is 16.2. The van der Waals surface area contributed by atoms with Gasteiger partial charge in [0.1, 0.15) is 18.1 Å². The lowest BCUT2D eigenvalue weighted by molar-refractivity contribution is -0.116. The Bertz CT molecular complexity index is 1320. The van der Waals surface area contributed by atoms with E-state index >= 15 is 0 Å². The molecule has 0 radical (unpaired) electrons. The Labute approximate surface area is 179 Å². The molecular weight excluding hydrogens is 426 g/mol. The van der Waals surface area contributed by atoms with Crippen molar-refractivity contribution in [2.45, 2.75) is 20.1 Å². The highest BCUT2D eigenvalue weighted by atomic mass is 32.1. The summed E-state index contributed by atoms with van der Waals surface area (Å²) in [5.74, 6) is -0.0536. The van der Waals surface area contributed by atoms with Gasteiger partial charge < -0.3 is 10.1 Å². The van der Waals surface area contributed by atoms with Gasteiger partial charge in [0.15, 0.2) is 5.13 Å². The summed E-state index contributed by atoms with van der Waals surface area (Å²) in [7, 11) is 0. The SMILES string of the molecule is Cc1nc2ccccc2c(=O)n1CC(=O)Nc1nc(-c2ccccc2OC(F)F)cs1. The van der Waals surface area contributed by atoms with E-state index in [2.05, 4.69) is 20.0 Å². The third kappa shape index (κ3) is 4.43. The maximum Gasteiger partial charge on any atom is 0.387 e. The number of alkyl halides is 2. The molecule has 0 unspecified atom stereocenters. The molecule has 0 aliphatic heterocycles. The summed E-state index contributed by atoms with van der Waals surface area (Å²) in [5, 5.41) is 4.95. The van der Waals surface area contributed by atoms with E-state index in [1.165, 1.54) is 10.6 Å². The van der Waals surface area contributed by atoms with Crippen molar-refractivity contribution in [3.63, 3.8) is 0 Å². The van der Waals surface area contributed by atoms with Gasteiger partial charge in [-0.2, -0.15) is 8.78 Å². The number of carbonyl (C=O) groups excluding carboxylic acids is 1. The van der Waals surface area contributed by atoms with Crippen LogP contribution in [0.15, 0.2) is 58.7 Å². The number of anilines is 1. The van der Waals surface area contributed by atoms with E-state index in [1.807, 2.05) is 0 Å². The van der Waals surface area contributed by atoms with Gasteiger partial charge in [0.05, 0.1) is 16.6 Å². The average molecular weight is 442 g/mol. The van der Waals surface area contributed by atoms with Crippen LogP contribution in [0.1, 0.15) is 5.82 Å². The first-order chi connectivity index (χ1) is 14.9. The molecule has 2 aromatic carbocycles. The molecule has 10 heteroatoms. The Morgan fingerprint density at radius 2 is 1.90 bits per heavy atom. The van der Waals surface area contributed by atoms with Crippen LogP contribution in [0.4, 0.5) is 13.9 Å². The normalized spacial score (nSPS) is 11.1. The highest BCUT2D eigenvalue weighted by Crippen LogP contribution is 2.33. The van der Waals surface area contributed by atoms with Gasteiger partial charge >= 0.3 is 6.61 Å². The van der Waals surface area contributed by atoms with E-state index < -0.39 is 12.5 Å². The molecule has 0 aliphatic carbocycles. The van der Waals surface area contributed by atoms with E-state index in [1.54, 1.807) is 54.8 Å². The number of benzene rings is 2. The fourth-order valence-electron chi connectivity index (χ4n) is 3.10. The summed E-state index contributed by atoms with van der Waals surface area (Å²) in [5.41, 5.74) is 1.02. The third-order valence-corrected chi connectivity index (χ3v) is 5.24. The number of aryl methyl sites for hydroxylation is 1. The van der Waals surface area contributed by atoms with E-state index in [4.69, 9.17) is 0 Å². The molecule has 1 N–H and O–H groups in total. The molecule has 4 aromatic rings. The largest absolute Gasteiger partial charge is 0.434 e. The number of carbonyl (C=O) groups is 1. The van der Waals surface area contributed by atoms with Crippen LogP contribution >= 0.6 is 11.3 Å². The summed E-state index contributed by atoms with van der Waals surface area (Å²) < 4.78 is 31.1. The first-order valence-corrected chi connectivity index (χ1v) is 10.1. The number of nitrogens with one attached hydrogen (secondary N) is 1. The summed E-state index contributed by atoms with van der Waals surface area (Å²) in [6.45, 7) is -1.54. The molecule has 4 rings (SSSR count). The molecule has 0 saturated carbocycles. The minimum absolute atomic E-state index is 0.00917. The van der Waals surface area contributed by atoms with Crippen LogP contribution in [-0.4, -0.2) is 27.1 Å². The van der Waals surface area contributed by atoms with Gasteiger partial charge in [0.2, 0.25) is 5.91 Å². The molecule has 0 fully saturated rings. The van der Waals surface area contributed by atoms with Gasteiger partial charge in [-0.15, -0.1) is 11.3 Å². The second-order valence-electron chi connectivity index (χ2n) is 6.53. The van der Waals surface area contributed by atoms with E-state index in [0.717, 1.165) is 11.3 Å². The molecule has 7 nitrogen and oxygen atoms in total. The number of hydrogen-bond donors (Lipinski definition) is 1. The standard InChI is InChI=1S/C21H16F2N4O3S/c1-12-24-15-8-4-2-7-14(15)19(29)27(12)10-18(28)26-21-25-16(11-31-21)13-6-3-5-9-17(13)30-20(22)23/h2-9,11,20H,10H2,1H3,(H,25,26,28). The Morgan fingerprint density at radius 1 is 1.16 bits per heavy atom. The number of aromatic nitrogens is 3. The fourth-order valence-corrected chi connectivity index (χ4v) is 3.83. The van der Waals surface area contributed by atoms with E-state index in [0.29, 0.717) is 28.0 Å². The number of fused-ring (bicyclic) bond motifs is 1. The number of thiazole rings is 1. The zero-order valence-corrected chi connectivity index (χ0v) is 17.0. The lowest BCUT2D eigenvalue weighted by Crippen LogP contribution is -2.30. The maximum atomic E-state index is 12.7. The van der Waals surface area contributed by atoms with Gasteiger partial charge in [-0.25, -0.2) is 9.97 Å². The van der Waals surface area contributed by atoms with Crippen LogP contribution < -0.4 is 15.6 Å². The summed E-state index contributed by atoms with van der Waals surface area (Å²) >= 11 is 1.13. The molecule has 0 saturated heterocycles. The first-order valence-electron chi connectivity index (χ1n) is 9.18. The Balaban J connectivity index is 1.53. The Kier molecular flexibility index (Phi) is 5.72. The molecule has 1 amide bonds. The minimum atomic E-state index is -2.96. The predicted octanol–water partition coefficient (Wildman–Crippen LogP) is 4.07. The highest BCUT2D eigenvalue weighted by molar-refractivity contribution is 7.14. The summed E-state index contributed by atoms with van der Waals surface area (Å²) in [4.78, 5) is 33.9. The van der Waals surface area contributed by atoms with Crippen molar-refractivity contribution in [3.05, 3.63) is 70.1 Å². The van der Waals surface area contributed by atoms with Crippen molar-refractivity contribution in [2.75, 3.05) is 5.32 Å². The predicted molar refractivity (Wildman–Crippen MR) is 114 cm³/mol.